The van der Waals surface area contributed by atoms with Crippen LogP contribution in [0.5, 0.6) is 0 Å². The normalized spacial score (nSPS) is 12.6. The summed E-state index contributed by atoms with van der Waals surface area (Å²) in [6.45, 7) is 3.09. The third kappa shape index (κ3) is 4.75. The van der Waals surface area contributed by atoms with Gasteiger partial charge in [-0.3, -0.25) is 4.79 Å². The molecule has 0 radical (unpaired) electrons. The van der Waals surface area contributed by atoms with E-state index in [9.17, 15) is 4.79 Å². The van der Waals surface area contributed by atoms with Crippen molar-refractivity contribution < 1.29 is 4.79 Å². The summed E-state index contributed by atoms with van der Waals surface area (Å²) in [5, 5.41) is 2.65. The Hall–Kier alpha value is -0.610. The minimum atomic E-state index is -0.390. The van der Waals surface area contributed by atoms with Gasteiger partial charge in [0.2, 0.25) is 5.91 Å². The Morgan fingerprint density at radius 2 is 2.27 bits per heavy atom. The molecule has 5 N–H and O–H groups in total. The highest BCUT2D eigenvalue weighted by atomic mass is 16.2. The van der Waals surface area contributed by atoms with Gasteiger partial charge in [-0.15, -0.1) is 0 Å². The Morgan fingerprint density at radius 3 is 2.73 bits per heavy atom. The quantitative estimate of drug-likeness (QED) is 0.490. The van der Waals surface area contributed by atoms with Gasteiger partial charge < -0.3 is 16.8 Å². The molecule has 4 heteroatoms. The molecule has 4 nitrogen and oxygen atoms in total. The van der Waals surface area contributed by atoms with Crippen LogP contribution >= 0.6 is 0 Å². The van der Waals surface area contributed by atoms with Crippen LogP contribution in [0.4, 0.5) is 0 Å². The number of nitrogens with one attached hydrogen (secondary N) is 1. The average Bonchev–Trinajstić information content (AvgIpc) is 2.00. The van der Waals surface area contributed by atoms with Gasteiger partial charge in [-0.1, -0.05) is 0 Å². The third-order valence-corrected chi connectivity index (χ3v) is 1.41. The van der Waals surface area contributed by atoms with E-state index in [1.807, 2.05) is 6.92 Å². The molecule has 0 aromatic heterocycles. The highest BCUT2D eigenvalue weighted by Gasteiger charge is 2.10. The first-order valence-electron chi connectivity index (χ1n) is 3.95. The van der Waals surface area contributed by atoms with Crippen LogP contribution in [0.2, 0.25) is 0 Å². The van der Waals surface area contributed by atoms with Crippen molar-refractivity contribution in [3.63, 3.8) is 0 Å². The predicted octanol–water partition coefficient (Wildman–Crippen LogP) is -0.811. The number of nitrogens with two attached hydrogens (primary N) is 2. The molecule has 1 atom stereocenters. The van der Waals surface area contributed by atoms with E-state index in [-0.39, 0.29) is 5.91 Å². The Balaban J connectivity index is 3.46. The van der Waals surface area contributed by atoms with E-state index in [4.69, 9.17) is 11.5 Å². The molecule has 0 aliphatic heterocycles. The van der Waals surface area contributed by atoms with Gasteiger partial charge in [0.05, 0.1) is 6.04 Å². The van der Waals surface area contributed by atoms with Crippen molar-refractivity contribution in [2.75, 3.05) is 13.1 Å². The van der Waals surface area contributed by atoms with E-state index in [0.29, 0.717) is 19.5 Å². The van der Waals surface area contributed by atoms with E-state index in [1.165, 1.54) is 0 Å². The maximum Gasteiger partial charge on any atom is 0.236 e. The van der Waals surface area contributed by atoms with E-state index in [0.717, 1.165) is 6.42 Å². The molecule has 0 saturated carbocycles. The fourth-order valence-corrected chi connectivity index (χ4v) is 0.774. The first-order chi connectivity index (χ1) is 5.22. The van der Waals surface area contributed by atoms with Crippen LogP contribution in [-0.4, -0.2) is 25.0 Å². The number of hydrogen-bond donors (Lipinski definition) is 3. The van der Waals surface area contributed by atoms with Crippen LogP contribution < -0.4 is 16.8 Å². The zero-order valence-corrected chi connectivity index (χ0v) is 6.97. The Morgan fingerprint density at radius 1 is 1.64 bits per heavy atom. The standard InChI is InChI=1S/C7H17N3O/c1-2-10-7(11)6(9)4-3-5-8/h6H,2-5,8-9H2,1H3,(H,10,11). The second-order valence-corrected chi connectivity index (χ2v) is 2.43. The van der Waals surface area contributed by atoms with Crippen LogP contribution in [0, 0.1) is 0 Å². The highest BCUT2D eigenvalue weighted by Crippen LogP contribution is 1.91. The maximum atomic E-state index is 11.0. The Bertz CT molecular complexity index is 116. The van der Waals surface area contributed by atoms with Gasteiger partial charge >= 0.3 is 0 Å². The van der Waals surface area contributed by atoms with Gasteiger partial charge in [0.1, 0.15) is 0 Å². The molecule has 0 bridgehead atoms. The van der Waals surface area contributed by atoms with Crippen molar-refractivity contribution in [1.82, 2.24) is 5.32 Å². The summed E-state index contributed by atoms with van der Waals surface area (Å²) in [7, 11) is 0. The van der Waals surface area contributed by atoms with Gasteiger partial charge in [-0.2, -0.15) is 0 Å². The fraction of sp³-hybridized carbons (Fsp3) is 0.857. The van der Waals surface area contributed by atoms with Crippen molar-refractivity contribution >= 4 is 5.91 Å². The zero-order chi connectivity index (χ0) is 8.69. The van der Waals surface area contributed by atoms with Crippen molar-refractivity contribution in [1.29, 1.82) is 0 Å². The van der Waals surface area contributed by atoms with E-state index >= 15 is 0 Å². The van der Waals surface area contributed by atoms with Crippen molar-refractivity contribution in [3.8, 4) is 0 Å². The lowest BCUT2D eigenvalue weighted by Gasteiger charge is -2.09. The van der Waals surface area contributed by atoms with Crippen molar-refractivity contribution in [2.24, 2.45) is 11.5 Å². The summed E-state index contributed by atoms with van der Waals surface area (Å²) in [4.78, 5) is 11.0. The molecular weight excluding hydrogens is 142 g/mol. The van der Waals surface area contributed by atoms with E-state index in [2.05, 4.69) is 5.32 Å². The highest BCUT2D eigenvalue weighted by molar-refractivity contribution is 5.81. The predicted molar refractivity (Wildman–Crippen MR) is 44.9 cm³/mol. The first-order valence-corrected chi connectivity index (χ1v) is 3.95. The first kappa shape index (κ1) is 10.4. The number of rotatable bonds is 5. The minimum Gasteiger partial charge on any atom is -0.355 e. The Labute approximate surface area is 67.3 Å². The van der Waals surface area contributed by atoms with E-state index < -0.39 is 6.04 Å². The lowest BCUT2D eigenvalue weighted by atomic mass is 10.1. The summed E-state index contributed by atoms with van der Waals surface area (Å²) in [5.41, 5.74) is 10.8. The second-order valence-electron chi connectivity index (χ2n) is 2.43. The van der Waals surface area contributed by atoms with Crippen LogP contribution in [0.15, 0.2) is 0 Å². The van der Waals surface area contributed by atoms with E-state index in [1.54, 1.807) is 0 Å². The molecule has 0 aromatic carbocycles. The molecule has 66 valence electrons. The van der Waals surface area contributed by atoms with Gasteiger partial charge in [-0.25, -0.2) is 0 Å². The zero-order valence-electron chi connectivity index (χ0n) is 6.97. The van der Waals surface area contributed by atoms with Gasteiger partial charge in [0, 0.05) is 6.54 Å². The number of likely N-dealkylation sites (N-methyl/N-ethyl adjacent to an activating group) is 1. The number of carbonyl (C=O) groups is 1. The molecular formula is C7H17N3O. The molecule has 0 fully saturated rings. The molecule has 1 unspecified atom stereocenters. The number of carbonyl (C=O) groups excluding carboxylic acids is 1. The molecule has 0 aromatic rings. The SMILES string of the molecule is CCNC(=O)C(N)CCCN. The number of hydrogen-bond acceptors (Lipinski definition) is 3. The van der Waals surface area contributed by atoms with Crippen LogP contribution in [0.25, 0.3) is 0 Å². The molecule has 0 rings (SSSR count). The Kier molecular flexibility index (Phi) is 5.78. The summed E-state index contributed by atoms with van der Waals surface area (Å²) < 4.78 is 0. The van der Waals surface area contributed by atoms with Gasteiger partial charge in [0.25, 0.3) is 0 Å². The largest absolute Gasteiger partial charge is 0.355 e. The smallest absolute Gasteiger partial charge is 0.236 e. The molecule has 0 heterocycles. The monoisotopic (exact) mass is 159 g/mol. The molecule has 0 spiro atoms. The summed E-state index contributed by atoms with van der Waals surface area (Å²) in [6.07, 6.45) is 1.47. The fourth-order valence-electron chi connectivity index (χ4n) is 0.774. The molecule has 0 aliphatic rings. The van der Waals surface area contributed by atoms with Crippen molar-refractivity contribution in [3.05, 3.63) is 0 Å². The topological polar surface area (TPSA) is 81.1 Å². The summed E-state index contributed by atoms with van der Waals surface area (Å²) >= 11 is 0. The molecule has 0 aliphatic carbocycles. The lowest BCUT2D eigenvalue weighted by molar-refractivity contribution is -0.122. The average molecular weight is 159 g/mol. The minimum absolute atomic E-state index is 0.0825. The summed E-state index contributed by atoms with van der Waals surface area (Å²) in [5.74, 6) is -0.0825. The van der Waals surface area contributed by atoms with Crippen molar-refractivity contribution in [2.45, 2.75) is 25.8 Å². The van der Waals surface area contributed by atoms with Gasteiger partial charge in [-0.05, 0) is 26.3 Å². The van der Waals surface area contributed by atoms with Crippen LogP contribution in [-0.2, 0) is 4.79 Å². The lowest BCUT2D eigenvalue weighted by Crippen LogP contribution is -2.40. The summed E-state index contributed by atoms with van der Waals surface area (Å²) in [6, 6.07) is -0.390. The third-order valence-electron chi connectivity index (χ3n) is 1.41. The number of amides is 1. The van der Waals surface area contributed by atoms with Crippen LogP contribution in [0.3, 0.4) is 0 Å². The second kappa shape index (κ2) is 6.12. The van der Waals surface area contributed by atoms with Gasteiger partial charge in [0.15, 0.2) is 0 Å². The molecule has 11 heavy (non-hydrogen) atoms. The molecule has 0 saturated heterocycles. The van der Waals surface area contributed by atoms with Crippen LogP contribution in [0.1, 0.15) is 19.8 Å². The molecule has 1 amide bonds. The maximum absolute atomic E-state index is 11.0.